The molecule has 5 heteroatoms. The molecule has 0 radical (unpaired) electrons. The highest BCUT2D eigenvalue weighted by molar-refractivity contribution is 5.30. The zero-order valence-electron chi connectivity index (χ0n) is 19.0. The second-order valence-corrected chi connectivity index (χ2v) is 10.6. The number of rotatable bonds is 6. The molecule has 4 nitrogen and oxygen atoms in total. The molecule has 0 spiro atoms. The molecule has 2 aliphatic heterocycles. The van der Waals surface area contributed by atoms with Crippen molar-refractivity contribution in [1.29, 1.82) is 0 Å². The van der Waals surface area contributed by atoms with Crippen molar-refractivity contribution in [2.75, 3.05) is 13.1 Å². The van der Waals surface area contributed by atoms with Gasteiger partial charge in [-0.1, -0.05) is 6.07 Å². The monoisotopic (exact) mass is 423 g/mol. The lowest BCUT2D eigenvalue weighted by atomic mass is 9.75. The van der Waals surface area contributed by atoms with E-state index in [1.54, 1.807) is 0 Å². The van der Waals surface area contributed by atoms with Crippen LogP contribution in [0.2, 0.25) is 0 Å². The average molecular weight is 424 g/mol. The lowest BCUT2D eigenvalue weighted by molar-refractivity contribution is -0.0778. The molecule has 4 heterocycles. The Labute approximate surface area is 185 Å². The molecular formula is C26H34FN3O. The Morgan fingerprint density at radius 1 is 1.06 bits per heavy atom. The highest BCUT2D eigenvalue weighted by Crippen LogP contribution is 2.56. The number of aryl methyl sites for hydroxylation is 2. The minimum absolute atomic E-state index is 0.0443. The third-order valence-corrected chi connectivity index (χ3v) is 7.98. The van der Waals surface area contributed by atoms with Gasteiger partial charge in [0.25, 0.3) is 0 Å². The third kappa shape index (κ3) is 4.03. The fourth-order valence-corrected chi connectivity index (χ4v) is 5.88. The van der Waals surface area contributed by atoms with Crippen LogP contribution >= 0.6 is 0 Å². The fraction of sp³-hybridized carbons (Fsp3) is 0.615. The summed E-state index contributed by atoms with van der Waals surface area (Å²) >= 11 is 0. The molecule has 166 valence electrons. The molecule has 2 atom stereocenters. The van der Waals surface area contributed by atoms with Gasteiger partial charge in [-0.25, -0.2) is 4.39 Å². The van der Waals surface area contributed by atoms with Crippen LogP contribution in [0, 0.1) is 18.2 Å². The van der Waals surface area contributed by atoms with Gasteiger partial charge in [0.15, 0.2) is 0 Å². The van der Waals surface area contributed by atoms with Crippen molar-refractivity contribution in [2.45, 2.75) is 83.0 Å². The van der Waals surface area contributed by atoms with Crippen molar-refractivity contribution in [2.24, 2.45) is 5.41 Å². The fourth-order valence-electron chi connectivity index (χ4n) is 5.88. The van der Waals surface area contributed by atoms with Gasteiger partial charge in [0.2, 0.25) is 0 Å². The number of hydrogen-bond acceptors (Lipinski definition) is 4. The van der Waals surface area contributed by atoms with Gasteiger partial charge in [0.05, 0.1) is 17.9 Å². The van der Waals surface area contributed by atoms with Gasteiger partial charge in [-0.3, -0.25) is 14.9 Å². The molecular weight excluding hydrogens is 389 g/mol. The third-order valence-electron chi connectivity index (χ3n) is 7.98. The maximum absolute atomic E-state index is 13.3. The van der Waals surface area contributed by atoms with Crippen LogP contribution in [-0.4, -0.2) is 39.7 Å². The number of hydrogen-bond donors (Lipinski definition) is 0. The molecule has 1 aliphatic carbocycles. The summed E-state index contributed by atoms with van der Waals surface area (Å²) in [6.07, 6.45) is 11.4. The van der Waals surface area contributed by atoms with E-state index in [2.05, 4.69) is 47.0 Å². The van der Waals surface area contributed by atoms with E-state index in [0.29, 0.717) is 0 Å². The summed E-state index contributed by atoms with van der Waals surface area (Å²) in [7, 11) is 0. The Morgan fingerprint density at radius 3 is 2.52 bits per heavy atom. The predicted molar refractivity (Wildman–Crippen MR) is 119 cm³/mol. The van der Waals surface area contributed by atoms with Gasteiger partial charge in [0, 0.05) is 35.1 Å². The zero-order valence-corrected chi connectivity index (χ0v) is 19.0. The van der Waals surface area contributed by atoms with Crippen molar-refractivity contribution in [1.82, 2.24) is 14.9 Å². The Morgan fingerprint density at radius 2 is 1.90 bits per heavy atom. The van der Waals surface area contributed by atoms with Crippen molar-refractivity contribution < 1.29 is 9.13 Å². The van der Waals surface area contributed by atoms with Crippen LogP contribution in [0.15, 0.2) is 36.7 Å². The molecule has 2 aromatic rings. The van der Waals surface area contributed by atoms with Crippen molar-refractivity contribution >= 4 is 0 Å². The maximum Gasteiger partial charge on any atom is 0.141 e. The molecule has 1 saturated carbocycles. The Hall–Kier alpha value is -1.85. The minimum Gasteiger partial charge on any atom is -0.372 e. The first kappa shape index (κ1) is 21.0. The largest absolute Gasteiger partial charge is 0.372 e. The average Bonchev–Trinajstić information content (AvgIpc) is 3.30. The Balaban J connectivity index is 1.38. The normalized spacial score (nSPS) is 29.4. The van der Waals surface area contributed by atoms with Gasteiger partial charge in [-0.2, -0.15) is 0 Å². The zero-order chi connectivity index (χ0) is 21.7. The molecule has 5 rings (SSSR count). The maximum atomic E-state index is 13.3. The lowest BCUT2D eigenvalue weighted by Gasteiger charge is -2.38. The number of nitrogens with zero attached hydrogens (tertiary/aromatic N) is 3. The summed E-state index contributed by atoms with van der Waals surface area (Å²) < 4.78 is 19.9. The number of halogens is 1. The molecule has 2 aromatic heterocycles. The van der Waals surface area contributed by atoms with Gasteiger partial charge >= 0.3 is 0 Å². The van der Waals surface area contributed by atoms with Crippen LogP contribution in [-0.2, 0) is 16.7 Å². The quantitative estimate of drug-likeness (QED) is 0.640. The molecule has 3 fully saturated rings. The molecule has 0 aromatic carbocycles. The van der Waals surface area contributed by atoms with E-state index < -0.39 is 0 Å². The van der Waals surface area contributed by atoms with E-state index in [-0.39, 0.29) is 28.5 Å². The summed E-state index contributed by atoms with van der Waals surface area (Å²) in [5, 5.41) is 0. The van der Waals surface area contributed by atoms with Gasteiger partial charge in [0.1, 0.15) is 5.82 Å². The van der Waals surface area contributed by atoms with E-state index in [1.807, 2.05) is 13.0 Å². The first-order valence-electron chi connectivity index (χ1n) is 11.8. The highest BCUT2D eigenvalue weighted by atomic mass is 19.1. The number of likely N-dealkylation sites (tertiary alicyclic amines) is 1. The topological polar surface area (TPSA) is 38.2 Å². The SMILES string of the molecule is Cc1ccc(C2(N3CC[C@@](CCc4ccc(F)cn4)([C@H]4CCC(C)(C)O4)C3)CC2)cn1. The van der Waals surface area contributed by atoms with E-state index in [9.17, 15) is 4.39 Å². The molecule has 31 heavy (non-hydrogen) atoms. The smallest absolute Gasteiger partial charge is 0.141 e. The Kier molecular flexibility index (Phi) is 5.17. The number of pyridine rings is 2. The van der Waals surface area contributed by atoms with E-state index in [0.717, 1.165) is 56.6 Å². The molecule has 2 saturated heterocycles. The van der Waals surface area contributed by atoms with Crippen molar-refractivity contribution in [3.05, 3.63) is 59.4 Å². The first-order valence-corrected chi connectivity index (χ1v) is 11.8. The highest BCUT2D eigenvalue weighted by Gasteiger charge is 2.57. The van der Waals surface area contributed by atoms with Gasteiger partial charge in [-0.05, 0) is 96.0 Å². The van der Waals surface area contributed by atoms with Gasteiger partial charge < -0.3 is 4.74 Å². The predicted octanol–water partition coefficient (Wildman–Crippen LogP) is 5.20. The molecule has 0 unspecified atom stereocenters. The van der Waals surface area contributed by atoms with Crippen molar-refractivity contribution in [3.63, 3.8) is 0 Å². The van der Waals surface area contributed by atoms with Crippen molar-refractivity contribution in [3.8, 4) is 0 Å². The van der Waals surface area contributed by atoms with Crippen LogP contribution < -0.4 is 0 Å². The summed E-state index contributed by atoms with van der Waals surface area (Å²) in [4.78, 5) is 11.6. The summed E-state index contributed by atoms with van der Waals surface area (Å²) in [5.41, 5.74) is 3.64. The molecule has 3 aliphatic rings. The number of aromatic nitrogens is 2. The van der Waals surface area contributed by atoms with E-state index in [4.69, 9.17) is 4.74 Å². The Bertz CT molecular complexity index is 923. The van der Waals surface area contributed by atoms with E-state index >= 15 is 0 Å². The molecule has 0 amide bonds. The van der Waals surface area contributed by atoms with Crippen LogP contribution in [0.1, 0.15) is 69.3 Å². The summed E-state index contributed by atoms with van der Waals surface area (Å²) in [5.74, 6) is -0.270. The number of ether oxygens (including phenoxy) is 1. The second kappa shape index (κ2) is 7.63. The van der Waals surface area contributed by atoms with E-state index in [1.165, 1.54) is 30.7 Å². The summed E-state index contributed by atoms with van der Waals surface area (Å²) in [6.45, 7) is 8.64. The second-order valence-electron chi connectivity index (χ2n) is 10.6. The first-order chi connectivity index (χ1) is 14.8. The van der Waals surface area contributed by atoms with Crippen LogP contribution in [0.3, 0.4) is 0 Å². The van der Waals surface area contributed by atoms with Crippen LogP contribution in [0.25, 0.3) is 0 Å². The summed E-state index contributed by atoms with van der Waals surface area (Å²) in [6, 6.07) is 7.76. The van der Waals surface area contributed by atoms with Gasteiger partial charge in [-0.15, -0.1) is 0 Å². The molecule has 0 bridgehead atoms. The minimum atomic E-state index is -0.270. The molecule has 0 N–H and O–H groups in total. The van der Waals surface area contributed by atoms with Crippen LogP contribution in [0.5, 0.6) is 0 Å². The lowest BCUT2D eigenvalue weighted by Crippen LogP contribution is -2.42. The standard InChI is InChI=1S/C26H34FN3O/c1-19-4-5-20(16-28-19)26(12-13-26)30-15-14-25(18-30,23-9-10-24(2,3)31-23)11-8-22-7-6-21(27)17-29-22/h4-7,16-17,23H,8-15,18H2,1-3H3/t23-,25-/m1/s1. The van der Waals surface area contributed by atoms with Crippen LogP contribution in [0.4, 0.5) is 4.39 Å².